The average molecular weight is 392 g/mol. The lowest BCUT2D eigenvalue weighted by atomic mass is 10.1. The second-order valence-corrected chi connectivity index (χ2v) is 6.95. The van der Waals surface area contributed by atoms with Crippen LogP contribution in [0.2, 0.25) is 10.0 Å². The maximum absolute atomic E-state index is 12.4. The third-order valence-corrected chi connectivity index (χ3v) is 5.12. The molecule has 0 spiro atoms. The zero-order chi connectivity index (χ0) is 18.7. The maximum atomic E-state index is 12.4. The SMILES string of the molecule is CC(=O)c1ccc(N2CCN(C(=O)Nc3ccc(Cl)c(Cl)c3)CC2)cc1. The molecule has 5 nitrogen and oxygen atoms in total. The summed E-state index contributed by atoms with van der Waals surface area (Å²) in [7, 11) is 0. The Hall–Kier alpha value is -2.24. The normalized spacial score (nSPS) is 14.3. The number of urea groups is 1. The monoisotopic (exact) mass is 391 g/mol. The summed E-state index contributed by atoms with van der Waals surface area (Å²) in [6, 6.07) is 12.4. The zero-order valence-electron chi connectivity index (χ0n) is 14.3. The van der Waals surface area contributed by atoms with E-state index < -0.39 is 0 Å². The fourth-order valence-electron chi connectivity index (χ4n) is 2.85. The Bertz CT molecular complexity index is 816. The molecule has 1 N–H and O–H groups in total. The molecule has 0 atom stereocenters. The molecular weight excluding hydrogens is 373 g/mol. The first-order valence-corrected chi connectivity index (χ1v) is 9.06. The van der Waals surface area contributed by atoms with E-state index in [1.54, 1.807) is 30.0 Å². The average Bonchev–Trinajstić information content (AvgIpc) is 2.65. The van der Waals surface area contributed by atoms with Gasteiger partial charge in [0.2, 0.25) is 0 Å². The molecule has 26 heavy (non-hydrogen) atoms. The fourth-order valence-corrected chi connectivity index (χ4v) is 3.15. The van der Waals surface area contributed by atoms with Crippen molar-refractivity contribution in [3.63, 3.8) is 0 Å². The van der Waals surface area contributed by atoms with Crippen LogP contribution in [0.25, 0.3) is 0 Å². The number of amides is 2. The van der Waals surface area contributed by atoms with Crippen molar-refractivity contribution >= 4 is 46.4 Å². The van der Waals surface area contributed by atoms with Gasteiger partial charge in [0.1, 0.15) is 0 Å². The molecule has 1 aliphatic heterocycles. The topological polar surface area (TPSA) is 52.7 Å². The molecule has 0 aliphatic carbocycles. The van der Waals surface area contributed by atoms with Crippen LogP contribution in [-0.2, 0) is 0 Å². The smallest absolute Gasteiger partial charge is 0.321 e. The van der Waals surface area contributed by atoms with Gasteiger partial charge in [-0.25, -0.2) is 4.79 Å². The number of halogens is 2. The molecule has 0 saturated carbocycles. The third kappa shape index (κ3) is 4.29. The molecule has 7 heteroatoms. The van der Waals surface area contributed by atoms with Crippen molar-refractivity contribution in [2.75, 3.05) is 36.4 Å². The van der Waals surface area contributed by atoms with Crippen LogP contribution < -0.4 is 10.2 Å². The fraction of sp³-hybridized carbons (Fsp3) is 0.263. The lowest BCUT2D eigenvalue weighted by Crippen LogP contribution is -2.50. The number of hydrogen-bond acceptors (Lipinski definition) is 3. The Morgan fingerprint density at radius 1 is 0.923 bits per heavy atom. The molecule has 1 aliphatic rings. The van der Waals surface area contributed by atoms with Gasteiger partial charge in [-0.15, -0.1) is 0 Å². The van der Waals surface area contributed by atoms with E-state index in [0.717, 1.165) is 18.8 Å². The van der Waals surface area contributed by atoms with Crippen molar-refractivity contribution < 1.29 is 9.59 Å². The quantitative estimate of drug-likeness (QED) is 0.780. The molecule has 136 valence electrons. The summed E-state index contributed by atoms with van der Waals surface area (Å²) < 4.78 is 0. The number of nitrogens with zero attached hydrogens (tertiary/aromatic N) is 2. The number of carbonyl (C=O) groups excluding carboxylic acids is 2. The van der Waals surface area contributed by atoms with Gasteiger partial charge in [0, 0.05) is 43.1 Å². The van der Waals surface area contributed by atoms with Gasteiger partial charge in [-0.1, -0.05) is 23.2 Å². The summed E-state index contributed by atoms with van der Waals surface area (Å²) in [6.07, 6.45) is 0. The second kappa shape index (κ2) is 7.98. The highest BCUT2D eigenvalue weighted by Crippen LogP contribution is 2.25. The van der Waals surface area contributed by atoms with Gasteiger partial charge < -0.3 is 15.1 Å². The summed E-state index contributed by atoms with van der Waals surface area (Å²) in [5.41, 5.74) is 2.37. The Kier molecular flexibility index (Phi) is 5.69. The van der Waals surface area contributed by atoms with Crippen molar-refractivity contribution in [3.05, 3.63) is 58.1 Å². The number of piperazine rings is 1. The predicted octanol–water partition coefficient (Wildman–Crippen LogP) is 4.55. The van der Waals surface area contributed by atoms with Gasteiger partial charge in [0.25, 0.3) is 0 Å². The molecule has 0 unspecified atom stereocenters. The Morgan fingerprint density at radius 2 is 1.58 bits per heavy atom. The van der Waals surface area contributed by atoms with Crippen molar-refractivity contribution in [1.29, 1.82) is 0 Å². The molecule has 3 rings (SSSR count). The minimum atomic E-state index is -0.157. The van der Waals surface area contributed by atoms with Crippen LogP contribution in [0.5, 0.6) is 0 Å². The van der Waals surface area contributed by atoms with Gasteiger partial charge in [0.05, 0.1) is 10.0 Å². The van der Waals surface area contributed by atoms with E-state index in [1.807, 2.05) is 24.3 Å². The maximum Gasteiger partial charge on any atom is 0.321 e. The van der Waals surface area contributed by atoms with Gasteiger partial charge in [-0.2, -0.15) is 0 Å². The first-order chi connectivity index (χ1) is 12.4. The number of nitrogens with one attached hydrogen (secondary N) is 1. The van der Waals surface area contributed by atoms with E-state index in [-0.39, 0.29) is 11.8 Å². The molecule has 0 bridgehead atoms. The largest absolute Gasteiger partial charge is 0.368 e. The van der Waals surface area contributed by atoms with Crippen LogP contribution in [0.4, 0.5) is 16.2 Å². The van der Waals surface area contributed by atoms with Crippen molar-refractivity contribution in [2.24, 2.45) is 0 Å². The predicted molar refractivity (Wildman–Crippen MR) is 106 cm³/mol. The third-order valence-electron chi connectivity index (χ3n) is 4.38. The summed E-state index contributed by atoms with van der Waals surface area (Å²) in [5.74, 6) is 0.0559. The number of rotatable bonds is 3. The Morgan fingerprint density at radius 3 is 2.15 bits per heavy atom. The first-order valence-electron chi connectivity index (χ1n) is 8.31. The van der Waals surface area contributed by atoms with Crippen LogP contribution in [-0.4, -0.2) is 42.9 Å². The van der Waals surface area contributed by atoms with Crippen LogP contribution in [0.1, 0.15) is 17.3 Å². The number of anilines is 2. The number of hydrogen-bond donors (Lipinski definition) is 1. The van der Waals surface area contributed by atoms with E-state index in [0.29, 0.717) is 34.4 Å². The molecule has 2 aromatic rings. The number of ketones is 1. The first kappa shape index (κ1) is 18.5. The van der Waals surface area contributed by atoms with Crippen LogP contribution in [0, 0.1) is 0 Å². The molecule has 1 saturated heterocycles. The van der Waals surface area contributed by atoms with Gasteiger partial charge in [-0.3, -0.25) is 4.79 Å². The molecule has 2 amide bonds. The molecular formula is C19H19Cl2N3O2. The van der Waals surface area contributed by atoms with Crippen LogP contribution in [0.15, 0.2) is 42.5 Å². The van der Waals surface area contributed by atoms with Gasteiger partial charge in [-0.05, 0) is 49.4 Å². The highest BCUT2D eigenvalue weighted by Gasteiger charge is 2.21. The van der Waals surface area contributed by atoms with Gasteiger partial charge in [0.15, 0.2) is 5.78 Å². The van der Waals surface area contributed by atoms with E-state index in [9.17, 15) is 9.59 Å². The van der Waals surface area contributed by atoms with Crippen molar-refractivity contribution in [1.82, 2.24) is 4.90 Å². The lowest BCUT2D eigenvalue weighted by molar-refractivity contribution is 0.101. The lowest BCUT2D eigenvalue weighted by Gasteiger charge is -2.36. The molecule has 1 heterocycles. The van der Waals surface area contributed by atoms with Gasteiger partial charge >= 0.3 is 6.03 Å². The summed E-state index contributed by atoms with van der Waals surface area (Å²) in [6.45, 7) is 4.24. The molecule has 2 aromatic carbocycles. The molecule has 1 fully saturated rings. The minimum absolute atomic E-state index is 0.0559. The highest BCUT2D eigenvalue weighted by molar-refractivity contribution is 6.42. The van der Waals surface area contributed by atoms with Crippen molar-refractivity contribution in [3.8, 4) is 0 Å². The van der Waals surface area contributed by atoms with Crippen LogP contribution >= 0.6 is 23.2 Å². The number of carbonyl (C=O) groups is 2. The number of benzene rings is 2. The van der Waals surface area contributed by atoms with Crippen molar-refractivity contribution in [2.45, 2.75) is 6.92 Å². The standard InChI is InChI=1S/C19H19Cl2N3O2/c1-13(25)14-2-5-16(6-3-14)23-8-10-24(11-9-23)19(26)22-15-4-7-17(20)18(21)12-15/h2-7,12H,8-11H2,1H3,(H,22,26). The minimum Gasteiger partial charge on any atom is -0.368 e. The Balaban J connectivity index is 1.56. The molecule has 0 aromatic heterocycles. The van der Waals surface area contributed by atoms with E-state index >= 15 is 0 Å². The van der Waals surface area contributed by atoms with Crippen LogP contribution in [0.3, 0.4) is 0 Å². The zero-order valence-corrected chi connectivity index (χ0v) is 15.8. The summed E-state index contributed by atoms with van der Waals surface area (Å²) in [5, 5.41) is 3.70. The van der Waals surface area contributed by atoms with E-state index in [4.69, 9.17) is 23.2 Å². The Labute approximate surface area is 162 Å². The molecule has 0 radical (unpaired) electrons. The number of Topliss-reactive ketones (excluding diaryl/α,β-unsaturated/α-hetero) is 1. The van der Waals surface area contributed by atoms with E-state index in [1.165, 1.54) is 0 Å². The summed E-state index contributed by atoms with van der Waals surface area (Å²) in [4.78, 5) is 27.7. The summed E-state index contributed by atoms with van der Waals surface area (Å²) >= 11 is 11.9. The highest BCUT2D eigenvalue weighted by atomic mass is 35.5. The van der Waals surface area contributed by atoms with E-state index in [2.05, 4.69) is 10.2 Å². The second-order valence-electron chi connectivity index (χ2n) is 6.14.